The van der Waals surface area contributed by atoms with Gasteiger partial charge in [-0.05, 0) is 52.5 Å². The summed E-state index contributed by atoms with van der Waals surface area (Å²) in [5.41, 5.74) is 1.50. The van der Waals surface area contributed by atoms with Gasteiger partial charge < -0.3 is 9.64 Å². The molecule has 4 rings (SSSR count). The van der Waals surface area contributed by atoms with Gasteiger partial charge in [0.2, 0.25) is 0 Å². The number of ether oxygens (including phenoxy) is 1. The number of benzene rings is 1. The molecule has 1 aliphatic heterocycles. The van der Waals surface area contributed by atoms with Gasteiger partial charge >= 0.3 is 5.97 Å². The number of carbonyl (C=O) groups excluding carboxylic acids is 1. The first-order valence-corrected chi connectivity index (χ1v) is 11.2. The van der Waals surface area contributed by atoms with Crippen molar-refractivity contribution in [3.63, 3.8) is 0 Å². The normalized spacial score (nSPS) is 18.6. The molecule has 0 saturated carbocycles. The van der Waals surface area contributed by atoms with Crippen LogP contribution in [0.3, 0.4) is 0 Å². The molecular formula is C23H28ClFN4O2. The van der Waals surface area contributed by atoms with E-state index < -0.39 is 11.4 Å². The van der Waals surface area contributed by atoms with Gasteiger partial charge in [-0.3, -0.25) is 9.20 Å². The van der Waals surface area contributed by atoms with Gasteiger partial charge in [-0.1, -0.05) is 18.0 Å². The largest absolute Gasteiger partial charge is 0.460 e. The topological polar surface area (TPSA) is 59.7 Å². The molecule has 1 aliphatic rings. The molecule has 1 unspecified atom stereocenters. The lowest BCUT2D eigenvalue weighted by molar-refractivity contribution is -0.160. The van der Waals surface area contributed by atoms with E-state index in [4.69, 9.17) is 21.3 Å². The maximum Gasteiger partial charge on any atom is 0.309 e. The van der Waals surface area contributed by atoms with Gasteiger partial charge in [-0.2, -0.15) is 0 Å². The Morgan fingerprint density at radius 3 is 2.71 bits per heavy atom. The van der Waals surface area contributed by atoms with Crippen LogP contribution in [0.2, 0.25) is 5.02 Å². The van der Waals surface area contributed by atoms with E-state index in [-0.39, 0.29) is 16.9 Å². The lowest BCUT2D eigenvalue weighted by Crippen LogP contribution is -2.29. The molecule has 3 aromatic rings. The summed E-state index contributed by atoms with van der Waals surface area (Å²) < 4.78 is 21.6. The Bertz CT molecular complexity index is 1110. The zero-order valence-corrected chi connectivity index (χ0v) is 19.0. The number of anilines is 1. The molecule has 1 saturated heterocycles. The second kappa shape index (κ2) is 8.61. The molecule has 166 valence electrons. The van der Waals surface area contributed by atoms with E-state index in [0.29, 0.717) is 5.52 Å². The summed E-state index contributed by atoms with van der Waals surface area (Å²) >= 11 is 6.00. The Balaban J connectivity index is 1.60. The Hall–Kier alpha value is -2.41. The van der Waals surface area contributed by atoms with Crippen molar-refractivity contribution in [3.8, 4) is 0 Å². The van der Waals surface area contributed by atoms with E-state index >= 15 is 0 Å². The lowest BCUT2D eigenvalue weighted by atomic mass is 9.97. The third-order valence-electron chi connectivity index (χ3n) is 5.59. The zero-order chi connectivity index (χ0) is 22.2. The van der Waals surface area contributed by atoms with E-state index in [1.165, 1.54) is 6.07 Å². The highest BCUT2D eigenvalue weighted by atomic mass is 35.5. The van der Waals surface area contributed by atoms with Crippen molar-refractivity contribution in [1.29, 1.82) is 0 Å². The van der Waals surface area contributed by atoms with E-state index in [1.54, 1.807) is 12.3 Å². The average molecular weight is 447 g/mol. The van der Waals surface area contributed by atoms with Crippen molar-refractivity contribution in [2.75, 3.05) is 18.0 Å². The number of imidazole rings is 1. The minimum Gasteiger partial charge on any atom is -0.460 e. The van der Waals surface area contributed by atoms with E-state index in [9.17, 15) is 9.18 Å². The first-order chi connectivity index (χ1) is 14.7. The molecule has 1 aromatic carbocycles. The summed E-state index contributed by atoms with van der Waals surface area (Å²) in [6.07, 6.45) is 7.86. The lowest BCUT2D eigenvalue weighted by Gasteiger charge is -2.25. The molecule has 0 radical (unpaired) electrons. The fraction of sp³-hybridized carbons (Fsp3) is 0.522. The van der Waals surface area contributed by atoms with Crippen LogP contribution in [-0.4, -0.2) is 39.0 Å². The number of hydrogen-bond acceptors (Lipinski definition) is 5. The van der Waals surface area contributed by atoms with Crippen LogP contribution in [-0.2, 0) is 9.53 Å². The fourth-order valence-electron chi connectivity index (χ4n) is 4.16. The summed E-state index contributed by atoms with van der Waals surface area (Å²) in [4.78, 5) is 24.0. The zero-order valence-electron chi connectivity index (χ0n) is 18.2. The number of fused-ring (bicyclic) bond motifs is 3. The molecule has 0 N–H and O–H groups in total. The summed E-state index contributed by atoms with van der Waals surface area (Å²) in [7, 11) is 0. The Labute approximate surface area is 186 Å². The number of aromatic nitrogens is 3. The van der Waals surface area contributed by atoms with Crippen molar-refractivity contribution in [1.82, 2.24) is 14.4 Å². The number of carbonyl (C=O) groups is 1. The van der Waals surface area contributed by atoms with Crippen LogP contribution in [0.4, 0.5) is 10.2 Å². The molecule has 6 nitrogen and oxygen atoms in total. The minimum atomic E-state index is -0.489. The predicted octanol–water partition coefficient (Wildman–Crippen LogP) is 5.40. The molecule has 1 atom stereocenters. The van der Waals surface area contributed by atoms with E-state index in [2.05, 4.69) is 9.88 Å². The third-order valence-corrected chi connectivity index (χ3v) is 5.88. The number of halogens is 2. The monoisotopic (exact) mass is 446 g/mol. The minimum absolute atomic E-state index is 0.0629. The van der Waals surface area contributed by atoms with Gasteiger partial charge in [0, 0.05) is 31.5 Å². The first kappa shape index (κ1) is 21.8. The number of esters is 1. The molecular weight excluding hydrogens is 419 g/mol. The van der Waals surface area contributed by atoms with Gasteiger partial charge in [0.25, 0.3) is 0 Å². The van der Waals surface area contributed by atoms with Crippen molar-refractivity contribution < 1.29 is 13.9 Å². The van der Waals surface area contributed by atoms with Crippen molar-refractivity contribution in [2.24, 2.45) is 5.92 Å². The fourth-order valence-corrected chi connectivity index (χ4v) is 4.32. The second-order valence-electron chi connectivity index (χ2n) is 9.17. The highest BCUT2D eigenvalue weighted by Gasteiger charge is 2.26. The average Bonchev–Trinajstić information content (AvgIpc) is 3.20. The second-order valence-corrected chi connectivity index (χ2v) is 9.57. The van der Waals surface area contributed by atoms with Crippen LogP contribution in [0, 0.1) is 11.7 Å². The molecule has 31 heavy (non-hydrogen) atoms. The molecule has 0 spiro atoms. The molecule has 0 aliphatic carbocycles. The Morgan fingerprint density at radius 1 is 1.19 bits per heavy atom. The highest BCUT2D eigenvalue weighted by molar-refractivity contribution is 6.31. The van der Waals surface area contributed by atoms with Crippen molar-refractivity contribution in [2.45, 2.75) is 58.5 Å². The predicted molar refractivity (Wildman–Crippen MR) is 120 cm³/mol. The molecule has 2 aromatic heterocycles. The smallest absolute Gasteiger partial charge is 0.309 e. The Morgan fingerprint density at radius 2 is 1.94 bits per heavy atom. The van der Waals surface area contributed by atoms with Crippen molar-refractivity contribution >= 4 is 40.1 Å². The van der Waals surface area contributed by atoms with Crippen LogP contribution in [0.5, 0.6) is 0 Å². The Kier molecular flexibility index (Phi) is 6.06. The summed E-state index contributed by atoms with van der Waals surface area (Å²) in [5.74, 6) is 0.0610. The van der Waals surface area contributed by atoms with Gasteiger partial charge in [-0.15, -0.1) is 0 Å². The molecule has 8 heteroatoms. The standard InChI is InChI=1S/C23H28ClFN4O2/c1-23(2,3)31-22(30)15-7-4-5-10-28(11-6-8-15)21-20-26-9-12-29(20)19-13-16(24)17(25)14-18(19)27-21/h9,12-15H,4-8,10-11H2,1-3H3. The summed E-state index contributed by atoms with van der Waals surface area (Å²) in [6, 6.07) is 2.96. The summed E-state index contributed by atoms with van der Waals surface area (Å²) in [5, 5.41) is 0.0629. The third kappa shape index (κ3) is 4.76. The molecule has 0 bridgehead atoms. The summed E-state index contributed by atoms with van der Waals surface area (Å²) in [6.45, 7) is 7.26. The van der Waals surface area contributed by atoms with Gasteiger partial charge in [0.1, 0.15) is 11.4 Å². The molecule has 3 heterocycles. The van der Waals surface area contributed by atoms with E-state index in [1.807, 2.05) is 31.4 Å². The quantitative estimate of drug-likeness (QED) is 0.493. The SMILES string of the molecule is CC(C)(C)OC(=O)C1CCCCN(c2nc3cc(F)c(Cl)cc3n3ccnc23)CCC1. The highest BCUT2D eigenvalue weighted by Crippen LogP contribution is 2.29. The number of hydrogen-bond donors (Lipinski definition) is 0. The van der Waals surface area contributed by atoms with Crippen molar-refractivity contribution in [3.05, 3.63) is 35.4 Å². The maximum atomic E-state index is 14.1. The van der Waals surface area contributed by atoms with Crippen LogP contribution >= 0.6 is 11.6 Å². The first-order valence-electron chi connectivity index (χ1n) is 10.8. The van der Waals surface area contributed by atoms with Gasteiger partial charge in [0.15, 0.2) is 11.5 Å². The van der Waals surface area contributed by atoms with Crippen LogP contribution in [0.25, 0.3) is 16.7 Å². The van der Waals surface area contributed by atoms with Crippen LogP contribution < -0.4 is 4.90 Å². The van der Waals surface area contributed by atoms with E-state index in [0.717, 1.165) is 62.2 Å². The molecule has 1 fully saturated rings. The van der Waals surface area contributed by atoms with Gasteiger partial charge in [-0.25, -0.2) is 14.4 Å². The molecule has 0 amide bonds. The van der Waals surface area contributed by atoms with Crippen LogP contribution in [0.1, 0.15) is 52.9 Å². The number of nitrogens with zero attached hydrogens (tertiary/aromatic N) is 4. The maximum absolute atomic E-state index is 14.1. The van der Waals surface area contributed by atoms with Crippen LogP contribution in [0.15, 0.2) is 24.5 Å². The van der Waals surface area contributed by atoms with Gasteiger partial charge in [0.05, 0.1) is 22.0 Å². The number of rotatable bonds is 2.